The van der Waals surface area contributed by atoms with Crippen LogP contribution in [-0.4, -0.2) is 55.7 Å². The Bertz CT molecular complexity index is 603. The Hall–Kier alpha value is -1.18. The standard InChI is InChI=1S/C21H36N4O3/c1-15(26)25-14-19-12-20(13-19,21(28-19)6-8-23-9-7-21)18(27)24-11-17-4-2-16(10-22)3-5-17/h16-17,23H,2-14,22H2,1H3,(H,24,27)(H,25,26). The molecule has 5 N–H and O–H groups in total. The van der Waals surface area contributed by atoms with E-state index < -0.39 is 5.41 Å². The number of hydrogen-bond acceptors (Lipinski definition) is 5. The number of nitrogens with one attached hydrogen (secondary N) is 3. The van der Waals surface area contributed by atoms with Gasteiger partial charge in [-0.2, -0.15) is 0 Å². The molecule has 5 rings (SSSR count). The number of ether oxygens (including phenoxy) is 1. The zero-order valence-electron chi connectivity index (χ0n) is 17.1. The van der Waals surface area contributed by atoms with Gasteiger partial charge in [0.2, 0.25) is 11.8 Å². The third-order valence-electron chi connectivity index (χ3n) is 7.89. The van der Waals surface area contributed by atoms with E-state index in [1.807, 2.05) is 0 Å². The average Bonchev–Trinajstić information content (AvgIpc) is 3.09. The van der Waals surface area contributed by atoms with E-state index in [1.54, 1.807) is 0 Å². The number of rotatable bonds is 6. The molecule has 2 aliphatic carbocycles. The molecule has 0 aromatic heterocycles. The van der Waals surface area contributed by atoms with Crippen LogP contribution < -0.4 is 21.7 Å². The van der Waals surface area contributed by atoms with E-state index in [-0.39, 0.29) is 23.0 Å². The van der Waals surface area contributed by atoms with Crippen LogP contribution in [0.5, 0.6) is 0 Å². The first-order chi connectivity index (χ1) is 13.4. The SMILES string of the molecule is CC(=O)NCC12CC(C(=O)NCC3CCC(CN)CC3)(C1)C1(CCNCC1)O2. The largest absolute Gasteiger partial charge is 0.365 e. The van der Waals surface area contributed by atoms with Gasteiger partial charge in [-0.25, -0.2) is 0 Å². The van der Waals surface area contributed by atoms with Crippen molar-refractivity contribution < 1.29 is 14.3 Å². The molecule has 0 atom stereocenters. The minimum atomic E-state index is -0.429. The predicted octanol–water partition coefficient (Wildman–Crippen LogP) is 0.675. The van der Waals surface area contributed by atoms with Gasteiger partial charge in [-0.05, 0) is 82.8 Å². The molecular weight excluding hydrogens is 356 g/mol. The molecule has 28 heavy (non-hydrogen) atoms. The fourth-order valence-corrected chi connectivity index (χ4v) is 6.26. The van der Waals surface area contributed by atoms with E-state index >= 15 is 0 Å². The highest BCUT2D eigenvalue weighted by atomic mass is 16.5. The lowest BCUT2D eigenvalue weighted by molar-refractivity contribution is -0.141. The first-order valence-electron chi connectivity index (χ1n) is 11.1. The Balaban J connectivity index is 1.40. The van der Waals surface area contributed by atoms with E-state index in [0.717, 1.165) is 64.7 Å². The molecule has 0 aromatic rings. The van der Waals surface area contributed by atoms with E-state index in [1.165, 1.54) is 19.8 Å². The Morgan fingerprint density at radius 3 is 2.32 bits per heavy atom. The molecule has 5 fully saturated rings. The van der Waals surface area contributed by atoms with Crippen molar-refractivity contribution in [3.05, 3.63) is 0 Å². The second-order valence-corrected chi connectivity index (χ2v) is 9.71. The molecule has 3 heterocycles. The molecule has 0 unspecified atom stereocenters. The van der Waals surface area contributed by atoms with Gasteiger partial charge in [-0.15, -0.1) is 0 Å². The molecule has 2 amide bonds. The predicted molar refractivity (Wildman–Crippen MR) is 107 cm³/mol. The molecule has 2 bridgehead atoms. The number of carbonyl (C=O) groups excluding carboxylic acids is 2. The number of amides is 2. The molecule has 3 saturated heterocycles. The Labute approximate surface area is 167 Å². The molecule has 7 heteroatoms. The summed E-state index contributed by atoms with van der Waals surface area (Å²) in [6.07, 6.45) is 7.87. The van der Waals surface area contributed by atoms with Crippen molar-refractivity contribution in [1.82, 2.24) is 16.0 Å². The van der Waals surface area contributed by atoms with Gasteiger partial charge in [0.25, 0.3) is 0 Å². The smallest absolute Gasteiger partial charge is 0.229 e. The zero-order chi connectivity index (χ0) is 19.8. The van der Waals surface area contributed by atoms with Crippen LogP contribution in [0.2, 0.25) is 0 Å². The number of piperidine rings is 1. The minimum absolute atomic E-state index is 0.0423. The van der Waals surface area contributed by atoms with Gasteiger partial charge in [0.1, 0.15) is 0 Å². The van der Waals surface area contributed by atoms with Crippen molar-refractivity contribution in [1.29, 1.82) is 0 Å². The molecule has 1 spiro atoms. The maximum absolute atomic E-state index is 13.4. The first kappa shape index (κ1) is 20.1. The van der Waals surface area contributed by atoms with Gasteiger partial charge < -0.3 is 26.4 Å². The summed E-state index contributed by atoms with van der Waals surface area (Å²) in [7, 11) is 0. The van der Waals surface area contributed by atoms with Crippen molar-refractivity contribution >= 4 is 11.8 Å². The summed E-state index contributed by atoms with van der Waals surface area (Å²) < 4.78 is 6.62. The maximum atomic E-state index is 13.4. The van der Waals surface area contributed by atoms with E-state index in [2.05, 4.69) is 16.0 Å². The Morgan fingerprint density at radius 2 is 1.71 bits per heavy atom. The molecule has 5 aliphatic rings. The quantitative estimate of drug-likeness (QED) is 0.532. The van der Waals surface area contributed by atoms with E-state index in [9.17, 15) is 9.59 Å². The first-order valence-corrected chi connectivity index (χ1v) is 11.1. The highest BCUT2D eigenvalue weighted by molar-refractivity contribution is 5.87. The number of nitrogens with two attached hydrogens (primary N) is 1. The molecule has 0 radical (unpaired) electrons. The topological polar surface area (TPSA) is 105 Å². The van der Waals surface area contributed by atoms with Crippen LogP contribution in [0.3, 0.4) is 0 Å². The Kier molecular flexibility index (Phi) is 5.44. The van der Waals surface area contributed by atoms with Crippen LogP contribution in [0, 0.1) is 17.3 Å². The molecule has 158 valence electrons. The van der Waals surface area contributed by atoms with Crippen molar-refractivity contribution in [2.45, 2.75) is 69.5 Å². The highest BCUT2D eigenvalue weighted by Gasteiger charge is 2.77. The van der Waals surface area contributed by atoms with Gasteiger partial charge >= 0.3 is 0 Å². The van der Waals surface area contributed by atoms with Crippen LogP contribution in [0.4, 0.5) is 0 Å². The molecule has 3 aliphatic heterocycles. The number of hydrogen-bond donors (Lipinski definition) is 4. The maximum Gasteiger partial charge on any atom is 0.229 e. The minimum Gasteiger partial charge on any atom is -0.365 e. The lowest BCUT2D eigenvalue weighted by Gasteiger charge is -2.48. The van der Waals surface area contributed by atoms with Gasteiger partial charge in [0.15, 0.2) is 0 Å². The van der Waals surface area contributed by atoms with Crippen molar-refractivity contribution in [3.63, 3.8) is 0 Å². The molecule has 0 aromatic carbocycles. The monoisotopic (exact) mass is 392 g/mol. The summed E-state index contributed by atoms with van der Waals surface area (Å²) in [5, 5.41) is 9.61. The third-order valence-corrected chi connectivity index (χ3v) is 7.89. The molecule has 2 saturated carbocycles. The average molecular weight is 393 g/mol. The lowest BCUT2D eigenvalue weighted by Crippen LogP contribution is -2.62. The van der Waals surface area contributed by atoms with Gasteiger partial charge in [-0.1, -0.05) is 0 Å². The van der Waals surface area contributed by atoms with E-state index in [4.69, 9.17) is 10.5 Å². The van der Waals surface area contributed by atoms with Crippen LogP contribution in [0.1, 0.15) is 58.3 Å². The fraction of sp³-hybridized carbons (Fsp3) is 0.905. The molecular formula is C21H36N4O3. The van der Waals surface area contributed by atoms with Crippen molar-refractivity contribution in [2.24, 2.45) is 23.0 Å². The van der Waals surface area contributed by atoms with Crippen molar-refractivity contribution in [3.8, 4) is 0 Å². The van der Waals surface area contributed by atoms with Crippen LogP contribution in [-0.2, 0) is 14.3 Å². The zero-order valence-corrected chi connectivity index (χ0v) is 17.1. The summed E-state index contributed by atoms with van der Waals surface area (Å²) >= 11 is 0. The second kappa shape index (κ2) is 7.58. The Morgan fingerprint density at radius 1 is 1.07 bits per heavy atom. The van der Waals surface area contributed by atoms with Crippen molar-refractivity contribution in [2.75, 3.05) is 32.7 Å². The second-order valence-electron chi connectivity index (χ2n) is 9.71. The normalized spacial score (nSPS) is 38.6. The third kappa shape index (κ3) is 3.35. The summed E-state index contributed by atoms with van der Waals surface area (Å²) in [4.78, 5) is 24.8. The van der Waals surface area contributed by atoms with Gasteiger partial charge in [0.05, 0.1) is 16.6 Å². The van der Waals surface area contributed by atoms with Gasteiger partial charge in [0, 0.05) is 20.0 Å². The lowest BCUT2D eigenvalue weighted by atomic mass is 9.53. The van der Waals surface area contributed by atoms with Crippen LogP contribution >= 0.6 is 0 Å². The number of carbonyl (C=O) groups is 2. The summed E-state index contributed by atoms with van der Waals surface area (Å²) in [5.74, 6) is 1.36. The van der Waals surface area contributed by atoms with Crippen LogP contribution in [0.15, 0.2) is 0 Å². The summed E-state index contributed by atoms with van der Waals surface area (Å²) in [6.45, 7) is 5.36. The summed E-state index contributed by atoms with van der Waals surface area (Å²) in [5.41, 5.74) is 4.63. The highest BCUT2D eigenvalue weighted by Crippen LogP contribution is 2.69. The van der Waals surface area contributed by atoms with Gasteiger partial charge in [-0.3, -0.25) is 9.59 Å². The molecule has 7 nitrogen and oxygen atoms in total. The van der Waals surface area contributed by atoms with Crippen LogP contribution in [0.25, 0.3) is 0 Å². The van der Waals surface area contributed by atoms with E-state index in [0.29, 0.717) is 18.4 Å². The fourth-order valence-electron chi connectivity index (χ4n) is 6.26. The summed E-state index contributed by atoms with van der Waals surface area (Å²) in [6, 6.07) is 0.